The molecule has 1 N–H and O–H groups in total. The van der Waals surface area contributed by atoms with Gasteiger partial charge in [0.25, 0.3) is 5.91 Å². The molecule has 2 amide bonds. The van der Waals surface area contributed by atoms with Gasteiger partial charge >= 0.3 is 5.97 Å². The predicted molar refractivity (Wildman–Crippen MR) is 129 cm³/mol. The molecule has 1 aromatic rings. The summed E-state index contributed by atoms with van der Waals surface area (Å²) in [6.45, 7) is 3.15. The van der Waals surface area contributed by atoms with Crippen LogP contribution < -0.4 is 5.32 Å². The zero-order valence-electron chi connectivity index (χ0n) is 20.1. The molecule has 1 saturated heterocycles. The van der Waals surface area contributed by atoms with Gasteiger partial charge in [-0.25, -0.2) is 13.2 Å². The van der Waals surface area contributed by atoms with Crippen LogP contribution >= 0.6 is 0 Å². The Hall–Kier alpha value is -2.42. The van der Waals surface area contributed by atoms with Crippen LogP contribution in [0.2, 0.25) is 0 Å². The van der Waals surface area contributed by atoms with Gasteiger partial charge in [-0.05, 0) is 30.7 Å². The van der Waals surface area contributed by atoms with Crippen molar-refractivity contribution < 1.29 is 27.5 Å². The summed E-state index contributed by atoms with van der Waals surface area (Å²) in [6, 6.07) is 7.96. The number of esters is 1. The van der Waals surface area contributed by atoms with E-state index in [2.05, 4.69) is 5.32 Å². The van der Waals surface area contributed by atoms with E-state index in [1.165, 1.54) is 0 Å². The molecule has 1 aliphatic carbocycles. The van der Waals surface area contributed by atoms with E-state index < -0.39 is 28.5 Å². The monoisotopic (exact) mass is 492 g/mol. The van der Waals surface area contributed by atoms with Crippen LogP contribution in [0.15, 0.2) is 30.3 Å². The van der Waals surface area contributed by atoms with Gasteiger partial charge in [0.05, 0.1) is 17.9 Å². The lowest BCUT2D eigenvalue weighted by Crippen LogP contribution is -2.51. The number of amides is 2. The van der Waals surface area contributed by atoms with Gasteiger partial charge in [0.1, 0.15) is 6.04 Å². The molecule has 8 nitrogen and oxygen atoms in total. The predicted octanol–water partition coefficient (Wildman–Crippen LogP) is 2.26. The van der Waals surface area contributed by atoms with Crippen LogP contribution in [0.4, 0.5) is 0 Å². The lowest BCUT2D eigenvalue weighted by atomic mass is 9.93. The highest BCUT2D eigenvalue weighted by Crippen LogP contribution is 2.28. The fourth-order valence-electron chi connectivity index (χ4n) is 4.86. The van der Waals surface area contributed by atoms with Gasteiger partial charge in [-0.15, -0.1) is 0 Å². The molecule has 1 aromatic carbocycles. The summed E-state index contributed by atoms with van der Waals surface area (Å²) in [5.74, 6) is -1.50. The molecule has 3 rings (SSSR count). The first-order valence-electron chi connectivity index (χ1n) is 12.2. The minimum Gasteiger partial charge on any atom is -0.454 e. The van der Waals surface area contributed by atoms with Gasteiger partial charge in [-0.3, -0.25) is 9.59 Å². The van der Waals surface area contributed by atoms with E-state index in [0.29, 0.717) is 6.42 Å². The topological polar surface area (TPSA) is 110 Å². The number of hydrogen-bond acceptors (Lipinski definition) is 6. The molecule has 34 heavy (non-hydrogen) atoms. The smallest absolute Gasteiger partial charge is 0.329 e. The van der Waals surface area contributed by atoms with Crippen molar-refractivity contribution in [2.75, 3.05) is 18.1 Å². The molecule has 1 aliphatic heterocycles. The number of hydrogen-bond donors (Lipinski definition) is 1. The minimum absolute atomic E-state index is 0.0234. The van der Waals surface area contributed by atoms with Crippen molar-refractivity contribution in [3.8, 4) is 0 Å². The first-order valence-corrected chi connectivity index (χ1v) is 14.0. The zero-order chi connectivity index (χ0) is 24.7. The fourth-order valence-corrected chi connectivity index (χ4v) is 6.57. The Labute approximate surface area is 202 Å². The molecule has 0 aromatic heterocycles. The summed E-state index contributed by atoms with van der Waals surface area (Å²) < 4.78 is 29.5. The molecule has 1 unspecified atom stereocenters. The highest BCUT2D eigenvalue weighted by Gasteiger charge is 2.39. The second kappa shape index (κ2) is 11.8. The van der Waals surface area contributed by atoms with Crippen LogP contribution in [0.25, 0.3) is 0 Å². The maximum atomic E-state index is 13.2. The van der Waals surface area contributed by atoms with Crippen LogP contribution in [0.5, 0.6) is 0 Å². The summed E-state index contributed by atoms with van der Waals surface area (Å²) in [5.41, 5.74) is 0.834. The Kier molecular flexibility index (Phi) is 9.10. The molecule has 2 aliphatic rings. The number of rotatable bonds is 9. The number of benzene rings is 1. The van der Waals surface area contributed by atoms with Crippen LogP contribution in [0.3, 0.4) is 0 Å². The summed E-state index contributed by atoms with van der Waals surface area (Å²) in [7, 11) is -3.16. The van der Waals surface area contributed by atoms with E-state index in [1.54, 1.807) is 18.7 Å². The third-order valence-electron chi connectivity index (χ3n) is 6.64. The summed E-state index contributed by atoms with van der Waals surface area (Å²) >= 11 is 0. The van der Waals surface area contributed by atoms with Gasteiger partial charge in [0.15, 0.2) is 16.4 Å². The fraction of sp³-hybridized carbons (Fsp3) is 0.640. The van der Waals surface area contributed by atoms with Crippen molar-refractivity contribution in [3.63, 3.8) is 0 Å². The lowest BCUT2D eigenvalue weighted by Gasteiger charge is -2.38. The average molecular weight is 493 g/mol. The number of ether oxygens (including phenoxy) is 1. The van der Waals surface area contributed by atoms with Crippen molar-refractivity contribution in [2.24, 2.45) is 5.92 Å². The second-order valence-corrected chi connectivity index (χ2v) is 11.9. The van der Waals surface area contributed by atoms with Gasteiger partial charge in [-0.1, -0.05) is 63.4 Å². The molecule has 0 bridgehead atoms. The van der Waals surface area contributed by atoms with Crippen molar-refractivity contribution in [1.29, 1.82) is 0 Å². The number of carbonyl (C=O) groups is 3. The van der Waals surface area contributed by atoms with Gasteiger partial charge in [0.2, 0.25) is 5.91 Å². The normalized spacial score (nSPS) is 21.1. The summed E-state index contributed by atoms with van der Waals surface area (Å²) in [4.78, 5) is 40.1. The second-order valence-electron chi connectivity index (χ2n) is 9.71. The Morgan fingerprint density at radius 3 is 2.29 bits per heavy atom. The van der Waals surface area contributed by atoms with E-state index >= 15 is 0 Å². The highest BCUT2D eigenvalue weighted by atomic mass is 32.2. The Balaban J connectivity index is 1.61. The van der Waals surface area contributed by atoms with Crippen molar-refractivity contribution in [1.82, 2.24) is 10.2 Å². The maximum Gasteiger partial charge on any atom is 0.329 e. The lowest BCUT2D eigenvalue weighted by molar-refractivity contribution is -0.157. The van der Waals surface area contributed by atoms with Gasteiger partial charge in [-0.2, -0.15) is 0 Å². The first-order chi connectivity index (χ1) is 16.2. The molecule has 0 radical (unpaired) electrons. The largest absolute Gasteiger partial charge is 0.454 e. The van der Waals surface area contributed by atoms with E-state index in [0.717, 1.165) is 37.7 Å². The molecule has 2 atom stereocenters. The van der Waals surface area contributed by atoms with E-state index in [9.17, 15) is 22.8 Å². The van der Waals surface area contributed by atoms with E-state index in [1.807, 2.05) is 30.3 Å². The summed E-state index contributed by atoms with van der Waals surface area (Å²) in [6.07, 6.45) is 5.33. The van der Waals surface area contributed by atoms with Crippen LogP contribution in [0, 0.1) is 5.92 Å². The quantitative estimate of drug-likeness (QED) is 0.530. The SMILES string of the molecule is CC(C)[C@H](NC(=O)Cc1ccccc1)C(=O)OCC(=O)N(C1CCCCC1)C1CCS(=O)(=O)C1. The third-order valence-corrected chi connectivity index (χ3v) is 8.39. The average Bonchev–Trinajstić information content (AvgIpc) is 3.16. The van der Waals surface area contributed by atoms with Gasteiger partial charge in [0, 0.05) is 12.1 Å². The van der Waals surface area contributed by atoms with Crippen molar-refractivity contribution in [3.05, 3.63) is 35.9 Å². The van der Waals surface area contributed by atoms with Crippen LogP contribution in [0.1, 0.15) is 57.9 Å². The molecular formula is C25H36N2O6S. The molecule has 0 spiro atoms. The van der Waals surface area contributed by atoms with Crippen molar-refractivity contribution >= 4 is 27.6 Å². The standard InChI is InChI=1S/C25H36N2O6S/c1-18(2)24(26-22(28)15-19-9-5-3-6-10-19)25(30)33-16-23(29)27(20-11-7-4-8-12-20)21-13-14-34(31,32)17-21/h3,5-6,9-10,18,20-21,24H,4,7-8,11-17H2,1-2H3,(H,26,28)/t21?,24-/m0/s1. The molecular weight excluding hydrogens is 456 g/mol. The Morgan fingerprint density at radius 2 is 1.71 bits per heavy atom. The maximum absolute atomic E-state index is 13.2. The number of carbonyl (C=O) groups excluding carboxylic acids is 3. The highest BCUT2D eigenvalue weighted by molar-refractivity contribution is 7.91. The van der Waals surface area contributed by atoms with Crippen LogP contribution in [-0.2, 0) is 35.4 Å². The third kappa shape index (κ3) is 7.29. The molecule has 9 heteroatoms. The zero-order valence-corrected chi connectivity index (χ0v) is 20.9. The van der Waals surface area contributed by atoms with Crippen LogP contribution in [-0.4, -0.2) is 67.3 Å². The van der Waals surface area contributed by atoms with Gasteiger partial charge < -0.3 is 15.0 Å². The molecule has 1 saturated carbocycles. The number of nitrogens with one attached hydrogen (secondary N) is 1. The summed E-state index contributed by atoms with van der Waals surface area (Å²) in [5, 5.41) is 2.73. The minimum atomic E-state index is -3.16. The molecule has 188 valence electrons. The van der Waals surface area contributed by atoms with Crippen molar-refractivity contribution in [2.45, 2.75) is 76.9 Å². The first kappa shape index (κ1) is 26.2. The molecule has 1 heterocycles. The Morgan fingerprint density at radius 1 is 1.03 bits per heavy atom. The number of sulfone groups is 1. The molecule has 2 fully saturated rings. The Bertz CT molecular complexity index is 957. The van der Waals surface area contributed by atoms with E-state index in [4.69, 9.17) is 4.74 Å². The van der Waals surface area contributed by atoms with E-state index in [-0.39, 0.29) is 47.7 Å². The number of nitrogens with zero attached hydrogens (tertiary/aromatic N) is 1.